The summed E-state index contributed by atoms with van der Waals surface area (Å²) in [5.74, 6) is -7.25. The van der Waals surface area contributed by atoms with Gasteiger partial charge < -0.3 is 93.6 Å². The lowest BCUT2D eigenvalue weighted by Crippen LogP contribution is -2.54. The zero-order valence-electron chi connectivity index (χ0n) is 77.2. The van der Waals surface area contributed by atoms with Crippen LogP contribution >= 0.6 is 0 Å². The number of hydrogen-bond acceptors (Lipinski definition) is 18. The van der Waals surface area contributed by atoms with Crippen LogP contribution in [0.1, 0.15) is 194 Å². The SMILES string of the molecule is C[C@H](NCC(=O)N(CCCCN)CC(=O)N(CCCCN)CC(=O)N(CC(=O)N(CCCCN)CC(=O)N(CC(=O)N(CC(=O)N(CCCCN)CC(=O)N(CC(=O)N(CC(=O)N(CCCCN)CC(=O)N(CC(N)=O)[C@@H](C)c1ccccc1)[C@@H](C)c1ccccc1)[C@@H](C)c1ccccc1)[C@@H](C)c1ccccc1)[C@@H](C)c1ccccc1)[C@@H](C)c1ccccc1)c1ccccc1. The molecule has 7 aromatic carbocycles. The molecular weight excluding hydrogens is 1650 g/mol. The normalized spacial score (nSPS) is 12.7. The van der Waals surface area contributed by atoms with E-state index in [-0.39, 0.29) is 70.9 Å². The molecule has 7 aromatic rings. The maximum atomic E-state index is 16.0. The number of benzene rings is 7. The molecule has 30 heteroatoms. The predicted molar refractivity (Wildman–Crippen MR) is 506 cm³/mol. The second kappa shape index (κ2) is 56.4. The number of amides is 12. The molecule has 0 saturated heterocycles. The van der Waals surface area contributed by atoms with Gasteiger partial charge in [0.1, 0.15) is 32.7 Å². The van der Waals surface area contributed by atoms with Gasteiger partial charge in [0.15, 0.2) is 0 Å². The fraction of sp³-hybridized carbons (Fsp3) is 0.460. The Labute approximate surface area is 768 Å². The third kappa shape index (κ3) is 33.5. The molecule has 0 radical (unpaired) electrons. The van der Waals surface area contributed by atoms with E-state index in [1.807, 2.05) is 159 Å². The van der Waals surface area contributed by atoms with Gasteiger partial charge in [0, 0.05) is 38.8 Å². The van der Waals surface area contributed by atoms with Gasteiger partial charge in [0.25, 0.3) is 0 Å². The topological polar surface area (TPSA) is 409 Å². The van der Waals surface area contributed by atoms with E-state index in [9.17, 15) is 19.2 Å². The number of primary amides is 1. The minimum Gasteiger partial charge on any atom is -0.368 e. The number of hydrogen-bond donors (Lipinski definition) is 7. The van der Waals surface area contributed by atoms with Gasteiger partial charge in [0.2, 0.25) is 70.9 Å². The van der Waals surface area contributed by atoms with E-state index in [1.54, 1.807) is 102 Å². The third-order valence-electron chi connectivity index (χ3n) is 23.9. The quantitative estimate of drug-likeness (QED) is 0.0177. The van der Waals surface area contributed by atoms with Crippen molar-refractivity contribution in [2.75, 3.05) is 144 Å². The lowest BCUT2D eigenvalue weighted by atomic mass is 10.0. The Kier molecular flexibility index (Phi) is 45.6. The van der Waals surface area contributed by atoms with Crippen LogP contribution in [-0.2, 0) is 57.5 Å². The summed E-state index contributed by atoms with van der Waals surface area (Å²) < 4.78 is 0. The molecule has 0 aromatic heterocycles. The van der Waals surface area contributed by atoms with Crippen molar-refractivity contribution >= 4 is 70.9 Å². The molecule has 0 heterocycles. The van der Waals surface area contributed by atoms with Gasteiger partial charge in [0.05, 0.1) is 82.1 Å². The monoisotopic (exact) mass is 1790 g/mol. The maximum absolute atomic E-state index is 16.0. The number of nitrogens with two attached hydrogens (primary N) is 6. The summed E-state index contributed by atoms with van der Waals surface area (Å²) in [5.41, 5.74) is 40.8. The molecule has 0 spiro atoms. The molecule has 0 unspecified atom stereocenters. The summed E-state index contributed by atoms with van der Waals surface area (Å²) in [6.45, 7) is 8.39. The van der Waals surface area contributed by atoms with E-state index in [0.29, 0.717) is 112 Å². The Morgan fingerprint density at radius 1 is 0.223 bits per heavy atom. The molecule has 0 saturated carbocycles. The molecule has 0 aliphatic rings. The molecule has 702 valence electrons. The van der Waals surface area contributed by atoms with E-state index in [4.69, 9.17) is 34.4 Å². The summed E-state index contributed by atoms with van der Waals surface area (Å²) in [6, 6.07) is 59.0. The standard InChI is InChI=1S/C100H140N18O12/c1-75(82-39-15-8-16-40-82)107-63-90(120)108(58-34-29-53-101)65-91(121)109(59-35-30-54-102)67-96(126)114(77(3)84-43-19-10-20-44-84)70-92(122)111(61-37-32-56-104)68-97(127)117(80(6)87-49-25-13-26-50-87)74-100(130)116(79(5)86-47-23-12-24-48-86)72-94(124)112(62-38-33-57-105)69-98(128)118(81(7)88-51-27-14-28-52-88)73-99(129)115(78(4)85-45-21-11-22-46-85)71-93(123)110(60-36-31-55-103)66-95(125)113(64-89(106)119)76(2)83-41-17-9-18-42-83/h8-28,39-52,75-81,107H,29-38,53-74,101-105H2,1-7H3,(H2,106,119)/t75-,76-,77-,78-,79-,80-,81-/m0/s1. The van der Waals surface area contributed by atoms with E-state index >= 15 is 38.4 Å². The Bertz CT molecular complexity index is 4630. The third-order valence-corrected chi connectivity index (χ3v) is 23.9. The fourth-order valence-corrected chi connectivity index (χ4v) is 15.7. The second-order valence-corrected chi connectivity index (χ2v) is 33.2. The highest BCUT2D eigenvalue weighted by molar-refractivity contribution is 5.96. The van der Waals surface area contributed by atoms with Gasteiger partial charge in [-0.2, -0.15) is 0 Å². The summed E-state index contributed by atoms with van der Waals surface area (Å²) in [6.07, 6.45) is 4.50. The van der Waals surface area contributed by atoms with Crippen molar-refractivity contribution in [1.82, 2.24) is 59.2 Å². The van der Waals surface area contributed by atoms with Crippen LogP contribution in [0, 0.1) is 0 Å². The van der Waals surface area contributed by atoms with E-state index in [2.05, 4.69) is 5.32 Å². The molecule has 7 atom stereocenters. The first-order chi connectivity index (χ1) is 62.6. The Balaban J connectivity index is 1.21. The molecule has 0 aliphatic heterocycles. The highest BCUT2D eigenvalue weighted by Crippen LogP contribution is 2.30. The highest BCUT2D eigenvalue weighted by Gasteiger charge is 2.39. The first-order valence-corrected chi connectivity index (χ1v) is 45.7. The van der Waals surface area contributed by atoms with Gasteiger partial charge in [-0.05, 0) is 184 Å². The average Bonchev–Trinajstić information content (AvgIpc) is 0.813. The van der Waals surface area contributed by atoms with Crippen molar-refractivity contribution in [2.45, 2.75) is 155 Å². The number of carbonyl (C=O) groups is 12. The van der Waals surface area contributed by atoms with Gasteiger partial charge >= 0.3 is 0 Å². The summed E-state index contributed by atoms with van der Waals surface area (Å²) in [7, 11) is 0. The summed E-state index contributed by atoms with van der Waals surface area (Å²) in [4.78, 5) is 197. The Hall–Kier alpha value is -12.1. The van der Waals surface area contributed by atoms with Crippen LogP contribution in [0.5, 0.6) is 0 Å². The number of rotatable bonds is 58. The van der Waals surface area contributed by atoms with Gasteiger partial charge in [-0.15, -0.1) is 0 Å². The first kappa shape index (κ1) is 105. The smallest absolute Gasteiger partial charge is 0.243 e. The number of nitrogens with zero attached hydrogens (tertiary/aromatic N) is 11. The number of nitrogens with one attached hydrogen (secondary N) is 1. The maximum Gasteiger partial charge on any atom is 0.243 e. The van der Waals surface area contributed by atoms with Gasteiger partial charge in [-0.3, -0.25) is 57.5 Å². The largest absolute Gasteiger partial charge is 0.368 e. The molecule has 0 fully saturated rings. The van der Waals surface area contributed by atoms with Crippen LogP contribution in [0.3, 0.4) is 0 Å². The lowest BCUT2D eigenvalue weighted by molar-refractivity contribution is -0.152. The zero-order valence-corrected chi connectivity index (χ0v) is 77.2. The van der Waals surface area contributed by atoms with Crippen molar-refractivity contribution in [1.29, 1.82) is 0 Å². The highest BCUT2D eigenvalue weighted by atomic mass is 16.2. The van der Waals surface area contributed by atoms with Crippen molar-refractivity contribution in [2.24, 2.45) is 34.4 Å². The molecule has 0 bridgehead atoms. The van der Waals surface area contributed by atoms with Crippen molar-refractivity contribution < 1.29 is 57.5 Å². The molecular formula is C100H140N18O12. The fourth-order valence-electron chi connectivity index (χ4n) is 15.7. The number of carbonyl (C=O) groups excluding carboxylic acids is 12. The molecule has 130 heavy (non-hydrogen) atoms. The van der Waals surface area contributed by atoms with Crippen molar-refractivity contribution in [3.8, 4) is 0 Å². The zero-order chi connectivity index (χ0) is 94.4. The molecule has 30 nitrogen and oxygen atoms in total. The first-order valence-electron chi connectivity index (χ1n) is 45.7. The molecule has 0 aliphatic carbocycles. The minimum atomic E-state index is -0.854. The van der Waals surface area contributed by atoms with E-state index in [0.717, 1.165) is 11.1 Å². The van der Waals surface area contributed by atoms with Crippen LogP contribution in [0.25, 0.3) is 0 Å². The van der Waals surface area contributed by atoms with E-state index < -0.39 is 167 Å². The summed E-state index contributed by atoms with van der Waals surface area (Å²) >= 11 is 0. The number of unbranched alkanes of at least 4 members (excludes halogenated alkanes) is 5. The Morgan fingerprint density at radius 2 is 0.392 bits per heavy atom. The van der Waals surface area contributed by atoms with Crippen LogP contribution in [0.15, 0.2) is 212 Å². The molecule has 12 amide bonds. The van der Waals surface area contributed by atoms with Gasteiger partial charge in [-0.1, -0.05) is 212 Å². The second-order valence-electron chi connectivity index (χ2n) is 33.2. The van der Waals surface area contributed by atoms with Gasteiger partial charge in [-0.25, -0.2) is 0 Å². The Morgan fingerprint density at radius 3 is 0.600 bits per heavy atom. The summed E-state index contributed by atoms with van der Waals surface area (Å²) in [5, 5.41) is 3.29. The van der Waals surface area contributed by atoms with E-state index in [1.165, 1.54) is 53.9 Å². The van der Waals surface area contributed by atoms with Crippen molar-refractivity contribution in [3.63, 3.8) is 0 Å². The lowest BCUT2D eigenvalue weighted by Gasteiger charge is -2.38. The van der Waals surface area contributed by atoms with Crippen LogP contribution in [0.2, 0.25) is 0 Å². The molecule has 7 rings (SSSR count). The van der Waals surface area contributed by atoms with Crippen LogP contribution < -0.4 is 39.7 Å². The van der Waals surface area contributed by atoms with Crippen LogP contribution in [-0.4, -0.2) is 269 Å². The van der Waals surface area contributed by atoms with Crippen LogP contribution in [0.4, 0.5) is 0 Å². The van der Waals surface area contributed by atoms with Crippen molar-refractivity contribution in [3.05, 3.63) is 251 Å². The molecule has 13 N–H and O–H groups in total. The average molecular weight is 1790 g/mol. The minimum absolute atomic E-state index is 0.000986. The predicted octanol–water partition coefficient (Wildman–Crippen LogP) is 8.20.